The van der Waals surface area contributed by atoms with E-state index in [4.69, 9.17) is 0 Å². The number of nitrogens with one attached hydrogen (secondary N) is 1. The number of phenolic OH excluding ortho intramolecular Hbond substituents is 1. The Balaban J connectivity index is 2.09. The van der Waals surface area contributed by atoms with Crippen molar-refractivity contribution in [1.82, 2.24) is 10.2 Å². The summed E-state index contributed by atoms with van der Waals surface area (Å²) in [4.78, 5) is 25.6. The van der Waals surface area contributed by atoms with Gasteiger partial charge in [-0.25, -0.2) is 0 Å². The molecule has 23 heavy (non-hydrogen) atoms. The monoisotopic (exact) mass is 376 g/mol. The quantitative estimate of drug-likeness (QED) is 0.861. The third kappa shape index (κ3) is 4.32. The molecule has 0 bridgehead atoms. The third-order valence-electron chi connectivity index (χ3n) is 3.24. The summed E-state index contributed by atoms with van der Waals surface area (Å²) in [6.07, 6.45) is 0. The number of carbonyl (C=O) groups excluding carboxylic acids is 2. The van der Waals surface area contributed by atoms with Gasteiger partial charge in [0.25, 0.3) is 11.8 Å². The molecular weight excluding hydrogens is 360 g/mol. The van der Waals surface area contributed by atoms with Gasteiger partial charge in [-0.15, -0.1) is 0 Å². The molecule has 120 valence electrons. The maximum Gasteiger partial charge on any atom is 0.255 e. The van der Waals surface area contributed by atoms with Gasteiger partial charge in [0.1, 0.15) is 5.75 Å². The Labute approximate surface area is 143 Å². The average molecular weight is 377 g/mol. The van der Waals surface area contributed by atoms with E-state index in [2.05, 4.69) is 21.2 Å². The molecule has 0 unspecified atom stereocenters. The van der Waals surface area contributed by atoms with Gasteiger partial charge in [0.15, 0.2) is 0 Å². The standard InChI is InChI=1S/C17H17BrN2O3/c1-20(2)17(23)12-5-3-4-11(8-12)10-19-16(22)14-9-13(18)6-7-15(14)21/h3-9,21H,10H2,1-2H3,(H,19,22). The van der Waals surface area contributed by atoms with Crippen molar-refractivity contribution in [2.24, 2.45) is 0 Å². The normalized spacial score (nSPS) is 10.2. The number of hydrogen-bond donors (Lipinski definition) is 2. The minimum absolute atomic E-state index is 0.0813. The molecule has 2 aromatic carbocycles. The van der Waals surface area contributed by atoms with E-state index in [9.17, 15) is 14.7 Å². The Bertz CT molecular complexity index is 744. The molecular formula is C17H17BrN2O3. The van der Waals surface area contributed by atoms with Crippen LogP contribution in [-0.4, -0.2) is 35.9 Å². The van der Waals surface area contributed by atoms with Crippen molar-refractivity contribution in [3.63, 3.8) is 0 Å². The minimum Gasteiger partial charge on any atom is -0.507 e. The summed E-state index contributed by atoms with van der Waals surface area (Å²) in [5.41, 5.74) is 1.56. The molecule has 0 heterocycles. The summed E-state index contributed by atoms with van der Waals surface area (Å²) in [5.74, 6) is -0.557. The molecule has 2 amide bonds. The van der Waals surface area contributed by atoms with Gasteiger partial charge in [0, 0.05) is 30.7 Å². The Hall–Kier alpha value is -2.34. The number of halogens is 1. The Morgan fingerprint density at radius 1 is 1.17 bits per heavy atom. The highest BCUT2D eigenvalue weighted by Gasteiger charge is 2.12. The van der Waals surface area contributed by atoms with Crippen LogP contribution in [0, 0.1) is 0 Å². The van der Waals surface area contributed by atoms with Crippen LogP contribution in [0.4, 0.5) is 0 Å². The number of carbonyl (C=O) groups is 2. The van der Waals surface area contributed by atoms with Crippen molar-refractivity contribution in [1.29, 1.82) is 0 Å². The van der Waals surface area contributed by atoms with E-state index in [0.29, 0.717) is 10.0 Å². The number of amides is 2. The van der Waals surface area contributed by atoms with Crippen LogP contribution >= 0.6 is 15.9 Å². The van der Waals surface area contributed by atoms with Crippen molar-refractivity contribution in [3.8, 4) is 5.75 Å². The van der Waals surface area contributed by atoms with Gasteiger partial charge in [0.05, 0.1) is 5.56 Å². The molecule has 0 saturated heterocycles. The molecule has 0 radical (unpaired) electrons. The zero-order valence-corrected chi connectivity index (χ0v) is 14.4. The van der Waals surface area contributed by atoms with Crippen molar-refractivity contribution in [2.75, 3.05) is 14.1 Å². The summed E-state index contributed by atoms with van der Waals surface area (Å²) in [6, 6.07) is 11.7. The number of benzene rings is 2. The van der Waals surface area contributed by atoms with Crippen LogP contribution in [0.5, 0.6) is 5.75 Å². The SMILES string of the molecule is CN(C)C(=O)c1cccc(CNC(=O)c2cc(Br)ccc2O)c1. The molecule has 5 nitrogen and oxygen atoms in total. The highest BCUT2D eigenvalue weighted by atomic mass is 79.9. The molecule has 2 N–H and O–H groups in total. The second-order valence-corrected chi connectivity index (χ2v) is 6.16. The molecule has 0 aromatic heterocycles. The number of hydrogen-bond acceptors (Lipinski definition) is 3. The fourth-order valence-electron chi connectivity index (χ4n) is 2.04. The van der Waals surface area contributed by atoms with E-state index in [1.807, 2.05) is 6.07 Å². The van der Waals surface area contributed by atoms with E-state index in [1.165, 1.54) is 11.0 Å². The Kier molecular flexibility index (Phi) is 5.39. The first kappa shape index (κ1) is 17.0. The number of nitrogens with zero attached hydrogens (tertiary/aromatic N) is 1. The maximum absolute atomic E-state index is 12.2. The van der Waals surface area contributed by atoms with E-state index in [1.54, 1.807) is 44.4 Å². The van der Waals surface area contributed by atoms with Crippen LogP contribution in [-0.2, 0) is 6.54 Å². The Morgan fingerprint density at radius 2 is 1.91 bits per heavy atom. The van der Waals surface area contributed by atoms with Crippen LogP contribution in [0.3, 0.4) is 0 Å². The fourth-order valence-corrected chi connectivity index (χ4v) is 2.40. The molecule has 0 aliphatic heterocycles. The van der Waals surface area contributed by atoms with Gasteiger partial charge in [-0.3, -0.25) is 9.59 Å². The molecule has 2 aromatic rings. The van der Waals surface area contributed by atoms with Crippen LogP contribution in [0.2, 0.25) is 0 Å². The number of rotatable bonds is 4. The van der Waals surface area contributed by atoms with Crippen LogP contribution in [0.15, 0.2) is 46.9 Å². The lowest BCUT2D eigenvalue weighted by atomic mass is 10.1. The number of phenols is 1. The predicted molar refractivity (Wildman–Crippen MR) is 91.4 cm³/mol. The van der Waals surface area contributed by atoms with Crippen molar-refractivity contribution in [3.05, 3.63) is 63.6 Å². The molecule has 2 rings (SSSR count). The smallest absolute Gasteiger partial charge is 0.255 e. The molecule has 0 saturated carbocycles. The predicted octanol–water partition coefficient (Wildman–Crippen LogP) is 2.79. The molecule has 0 aliphatic carbocycles. The highest BCUT2D eigenvalue weighted by Crippen LogP contribution is 2.21. The average Bonchev–Trinajstić information content (AvgIpc) is 2.54. The summed E-state index contributed by atoms with van der Waals surface area (Å²) in [7, 11) is 3.37. The highest BCUT2D eigenvalue weighted by molar-refractivity contribution is 9.10. The lowest BCUT2D eigenvalue weighted by Crippen LogP contribution is -2.24. The number of aromatic hydroxyl groups is 1. The van der Waals surface area contributed by atoms with Crippen molar-refractivity contribution >= 4 is 27.7 Å². The zero-order valence-electron chi connectivity index (χ0n) is 12.8. The van der Waals surface area contributed by atoms with Gasteiger partial charge >= 0.3 is 0 Å². The lowest BCUT2D eigenvalue weighted by molar-refractivity contribution is 0.0827. The lowest BCUT2D eigenvalue weighted by Gasteiger charge is -2.12. The van der Waals surface area contributed by atoms with E-state index in [0.717, 1.165) is 5.56 Å². The first-order valence-corrected chi connectivity index (χ1v) is 7.75. The second kappa shape index (κ2) is 7.28. The van der Waals surface area contributed by atoms with Crippen LogP contribution in [0.1, 0.15) is 26.3 Å². The van der Waals surface area contributed by atoms with E-state index >= 15 is 0 Å². The summed E-state index contributed by atoms with van der Waals surface area (Å²) in [5, 5.41) is 12.5. The van der Waals surface area contributed by atoms with Gasteiger partial charge in [-0.2, -0.15) is 0 Å². The largest absolute Gasteiger partial charge is 0.507 e. The van der Waals surface area contributed by atoms with Crippen molar-refractivity contribution in [2.45, 2.75) is 6.54 Å². The van der Waals surface area contributed by atoms with Crippen LogP contribution < -0.4 is 5.32 Å². The summed E-state index contributed by atoms with van der Waals surface area (Å²) < 4.78 is 0.707. The second-order valence-electron chi connectivity index (χ2n) is 5.24. The zero-order chi connectivity index (χ0) is 17.0. The minimum atomic E-state index is -0.381. The van der Waals surface area contributed by atoms with E-state index in [-0.39, 0.29) is 29.7 Å². The van der Waals surface area contributed by atoms with Crippen molar-refractivity contribution < 1.29 is 14.7 Å². The van der Waals surface area contributed by atoms with Gasteiger partial charge in [-0.1, -0.05) is 28.1 Å². The van der Waals surface area contributed by atoms with Gasteiger partial charge in [-0.05, 0) is 35.9 Å². The third-order valence-corrected chi connectivity index (χ3v) is 3.73. The molecule has 0 fully saturated rings. The molecule has 0 spiro atoms. The fraction of sp³-hybridized carbons (Fsp3) is 0.176. The first-order valence-electron chi connectivity index (χ1n) is 6.96. The topological polar surface area (TPSA) is 69.6 Å². The summed E-state index contributed by atoms with van der Waals surface area (Å²) >= 11 is 3.27. The van der Waals surface area contributed by atoms with Crippen LogP contribution in [0.25, 0.3) is 0 Å². The molecule has 0 atom stereocenters. The Morgan fingerprint density at radius 3 is 2.61 bits per heavy atom. The summed E-state index contributed by atoms with van der Waals surface area (Å²) in [6.45, 7) is 0.263. The van der Waals surface area contributed by atoms with Gasteiger partial charge < -0.3 is 15.3 Å². The maximum atomic E-state index is 12.2. The molecule has 6 heteroatoms. The van der Waals surface area contributed by atoms with E-state index < -0.39 is 0 Å². The first-order chi connectivity index (χ1) is 10.9. The van der Waals surface area contributed by atoms with Gasteiger partial charge in [0.2, 0.25) is 0 Å². The molecule has 0 aliphatic rings.